The van der Waals surface area contributed by atoms with Crippen molar-refractivity contribution in [1.29, 1.82) is 0 Å². The lowest BCUT2D eigenvalue weighted by molar-refractivity contribution is -0.131. The molecule has 21 heavy (non-hydrogen) atoms. The molecule has 2 amide bonds. The fourth-order valence-electron chi connectivity index (χ4n) is 1.47. The van der Waals surface area contributed by atoms with E-state index >= 15 is 0 Å². The second-order valence-electron chi connectivity index (χ2n) is 4.63. The highest BCUT2D eigenvalue weighted by Crippen LogP contribution is 2.07. The molecule has 0 unspecified atom stereocenters. The van der Waals surface area contributed by atoms with E-state index in [2.05, 4.69) is 4.98 Å². The van der Waals surface area contributed by atoms with Crippen molar-refractivity contribution in [3.05, 3.63) is 35.7 Å². The highest BCUT2D eigenvalue weighted by molar-refractivity contribution is 5.96. The van der Waals surface area contributed by atoms with Gasteiger partial charge in [-0.15, -0.1) is 0 Å². The van der Waals surface area contributed by atoms with Crippen molar-refractivity contribution in [3.8, 4) is 0 Å². The summed E-state index contributed by atoms with van der Waals surface area (Å²) in [5, 5.41) is 8.57. The lowest BCUT2D eigenvalue weighted by Gasteiger charge is -2.19. The van der Waals surface area contributed by atoms with E-state index in [0.29, 0.717) is 5.56 Å². The molecule has 1 N–H and O–H groups in total. The number of aromatic nitrogens is 1. The molecule has 0 atom stereocenters. The van der Waals surface area contributed by atoms with Gasteiger partial charge in [-0.2, -0.15) is 0 Å². The predicted molar refractivity (Wildman–Crippen MR) is 76.6 cm³/mol. The Labute approximate surface area is 122 Å². The highest BCUT2D eigenvalue weighted by Gasteiger charge is 2.16. The number of hydrogen-bond donors (Lipinski definition) is 1. The smallest absolute Gasteiger partial charge is 0.328 e. The second kappa shape index (κ2) is 7.18. The molecule has 0 saturated carbocycles. The molecule has 1 aromatic rings. The van der Waals surface area contributed by atoms with E-state index in [9.17, 15) is 14.4 Å². The Morgan fingerprint density at radius 1 is 1.24 bits per heavy atom. The van der Waals surface area contributed by atoms with Gasteiger partial charge in [0.15, 0.2) is 0 Å². The minimum Gasteiger partial charge on any atom is -0.478 e. The standard InChI is InChI=1S/C14H17N3O4/c1-16(2)12(18)9-17(3)14(21)11-6-10(7-15-8-11)4-5-13(19)20/h4-8H,9H2,1-3H3,(H,19,20). The van der Waals surface area contributed by atoms with Gasteiger partial charge in [-0.25, -0.2) is 4.79 Å². The number of pyridine rings is 1. The molecule has 0 aliphatic heterocycles. The molecule has 7 nitrogen and oxygen atoms in total. The SMILES string of the molecule is CN(C)C(=O)CN(C)C(=O)c1cncc(C=CC(=O)O)c1. The maximum atomic E-state index is 12.2. The molecule has 0 aliphatic rings. The van der Waals surface area contributed by atoms with Crippen LogP contribution in [-0.2, 0) is 9.59 Å². The van der Waals surface area contributed by atoms with Crippen molar-refractivity contribution in [2.45, 2.75) is 0 Å². The third kappa shape index (κ3) is 5.06. The summed E-state index contributed by atoms with van der Waals surface area (Å²) in [5.41, 5.74) is 0.784. The Balaban J connectivity index is 2.85. The summed E-state index contributed by atoms with van der Waals surface area (Å²) in [6.07, 6.45) is 5.12. The third-order valence-corrected chi connectivity index (χ3v) is 2.64. The normalized spacial score (nSPS) is 10.4. The third-order valence-electron chi connectivity index (χ3n) is 2.64. The van der Waals surface area contributed by atoms with Crippen LogP contribution in [0.1, 0.15) is 15.9 Å². The molecule has 1 rings (SSSR count). The Morgan fingerprint density at radius 2 is 1.90 bits per heavy atom. The van der Waals surface area contributed by atoms with E-state index in [4.69, 9.17) is 5.11 Å². The Kier molecular flexibility index (Phi) is 5.59. The Bertz CT molecular complexity index is 581. The Hall–Kier alpha value is -2.70. The first kappa shape index (κ1) is 16.4. The molecule has 112 valence electrons. The number of carboxylic acid groups (broad SMARTS) is 1. The number of aliphatic carboxylic acids is 1. The Morgan fingerprint density at radius 3 is 2.48 bits per heavy atom. The summed E-state index contributed by atoms with van der Waals surface area (Å²) in [4.78, 5) is 40.8. The molecule has 0 saturated heterocycles. The summed E-state index contributed by atoms with van der Waals surface area (Å²) >= 11 is 0. The van der Waals surface area contributed by atoms with Crippen molar-refractivity contribution < 1.29 is 19.5 Å². The molecule has 7 heteroatoms. The maximum absolute atomic E-state index is 12.2. The van der Waals surface area contributed by atoms with Crippen molar-refractivity contribution in [3.63, 3.8) is 0 Å². The van der Waals surface area contributed by atoms with Gasteiger partial charge in [-0.1, -0.05) is 0 Å². The fourth-order valence-corrected chi connectivity index (χ4v) is 1.47. The second-order valence-corrected chi connectivity index (χ2v) is 4.63. The van der Waals surface area contributed by atoms with E-state index in [1.165, 1.54) is 41.4 Å². The van der Waals surface area contributed by atoms with Gasteiger partial charge in [0, 0.05) is 39.6 Å². The van der Waals surface area contributed by atoms with E-state index < -0.39 is 5.97 Å². The summed E-state index contributed by atoms with van der Waals surface area (Å²) < 4.78 is 0. The molecule has 0 spiro atoms. The van der Waals surface area contributed by atoms with Gasteiger partial charge in [0.25, 0.3) is 5.91 Å². The average molecular weight is 291 g/mol. The molecule has 0 aliphatic carbocycles. The zero-order valence-corrected chi connectivity index (χ0v) is 12.1. The van der Waals surface area contributed by atoms with Crippen molar-refractivity contribution >= 4 is 23.9 Å². The van der Waals surface area contributed by atoms with Crippen LogP contribution in [0.15, 0.2) is 24.5 Å². The van der Waals surface area contributed by atoms with Crippen LogP contribution in [0.4, 0.5) is 0 Å². The largest absolute Gasteiger partial charge is 0.478 e. The molecule has 1 heterocycles. The molecule has 0 fully saturated rings. The fraction of sp³-hybridized carbons (Fsp3) is 0.286. The van der Waals surface area contributed by atoms with Crippen LogP contribution in [0.3, 0.4) is 0 Å². The van der Waals surface area contributed by atoms with E-state index in [0.717, 1.165) is 6.08 Å². The van der Waals surface area contributed by atoms with Crippen molar-refractivity contribution in [2.24, 2.45) is 0 Å². The molecule has 0 aromatic carbocycles. The maximum Gasteiger partial charge on any atom is 0.328 e. The topological polar surface area (TPSA) is 90.8 Å². The first-order valence-electron chi connectivity index (χ1n) is 6.13. The molecular formula is C14H17N3O4. The molecule has 0 radical (unpaired) electrons. The number of carbonyl (C=O) groups excluding carboxylic acids is 2. The lowest BCUT2D eigenvalue weighted by Crippen LogP contribution is -2.37. The molecule has 1 aromatic heterocycles. The number of carbonyl (C=O) groups is 3. The van der Waals surface area contributed by atoms with Crippen LogP contribution in [0, 0.1) is 0 Å². The molecule has 0 bridgehead atoms. The summed E-state index contributed by atoms with van der Waals surface area (Å²) in [7, 11) is 4.74. The van der Waals surface area contributed by atoms with Gasteiger partial charge in [-0.05, 0) is 17.7 Å². The summed E-state index contributed by atoms with van der Waals surface area (Å²) in [6, 6.07) is 1.52. The van der Waals surface area contributed by atoms with E-state index in [-0.39, 0.29) is 23.9 Å². The molecular weight excluding hydrogens is 274 g/mol. The zero-order valence-electron chi connectivity index (χ0n) is 12.1. The highest BCUT2D eigenvalue weighted by atomic mass is 16.4. The van der Waals surface area contributed by atoms with Crippen LogP contribution in [0.2, 0.25) is 0 Å². The van der Waals surface area contributed by atoms with Crippen LogP contribution in [0.5, 0.6) is 0 Å². The van der Waals surface area contributed by atoms with Crippen LogP contribution >= 0.6 is 0 Å². The van der Waals surface area contributed by atoms with E-state index in [1.54, 1.807) is 14.1 Å². The minimum atomic E-state index is -1.08. The van der Waals surface area contributed by atoms with Gasteiger partial charge < -0.3 is 14.9 Å². The summed E-state index contributed by atoms with van der Waals surface area (Å²) in [5.74, 6) is -1.63. The number of nitrogens with zero attached hydrogens (tertiary/aromatic N) is 3. The number of rotatable bonds is 5. The minimum absolute atomic E-state index is 0.0406. The van der Waals surface area contributed by atoms with Gasteiger partial charge in [-0.3, -0.25) is 14.6 Å². The lowest BCUT2D eigenvalue weighted by atomic mass is 10.1. The van der Waals surface area contributed by atoms with Crippen LogP contribution < -0.4 is 0 Å². The first-order valence-corrected chi connectivity index (χ1v) is 6.13. The number of likely N-dealkylation sites (N-methyl/N-ethyl adjacent to an activating group) is 2. The number of hydrogen-bond acceptors (Lipinski definition) is 4. The average Bonchev–Trinajstić information content (AvgIpc) is 2.44. The van der Waals surface area contributed by atoms with Crippen LogP contribution in [0.25, 0.3) is 6.08 Å². The quantitative estimate of drug-likeness (QED) is 0.790. The van der Waals surface area contributed by atoms with Crippen LogP contribution in [-0.4, -0.2) is 65.4 Å². The van der Waals surface area contributed by atoms with Crippen molar-refractivity contribution in [1.82, 2.24) is 14.8 Å². The zero-order chi connectivity index (χ0) is 16.0. The van der Waals surface area contributed by atoms with Gasteiger partial charge >= 0.3 is 5.97 Å². The van der Waals surface area contributed by atoms with Gasteiger partial charge in [0.2, 0.25) is 5.91 Å². The predicted octanol–water partition coefficient (Wildman–Crippen LogP) is 0.340. The van der Waals surface area contributed by atoms with Gasteiger partial charge in [0.05, 0.1) is 12.1 Å². The van der Waals surface area contributed by atoms with Gasteiger partial charge in [0.1, 0.15) is 0 Å². The first-order chi connectivity index (χ1) is 9.81. The summed E-state index contributed by atoms with van der Waals surface area (Å²) in [6.45, 7) is -0.0406. The number of amides is 2. The van der Waals surface area contributed by atoms with E-state index in [1.807, 2.05) is 0 Å². The van der Waals surface area contributed by atoms with Crippen molar-refractivity contribution in [2.75, 3.05) is 27.7 Å². The number of carboxylic acids is 1. The monoisotopic (exact) mass is 291 g/mol.